The highest BCUT2D eigenvalue weighted by atomic mass is 79.9. The molecule has 26 heavy (non-hydrogen) atoms. The van der Waals surface area contributed by atoms with Crippen LogP contribution in [-0.4, -0.2) is 0 Å². The van der Waals surface area contributed by atoms with Crippen molar-refractivity contribution in [2.24, 2.45) is 0 Å². The SMILES string of the molecule is Cc1ccc(NCc2cc(Br)ccc2OCc2c(F)cccc2Cl)cc1. The van der Waals surface area contributed by atoms with Gasteiger partial charge in [-0.2, -0.15) is 0 Å². The number of rotatable bonds is 6. The zero-order valence-electron chi connectivity index (χ0n) is 14.2. The van der Waals surface area contributed by atoms with Crippen LogP contribution in [-0.2, 0) is 13.2 Å². The van der Waals surface area contributed by atoms with Gasteiger partial charge in [0.2, 0.25) is 0 Å². The number of benzene rings is 3. The second kappa shape index (κ2) is 8.56. The van der Waals surface area contributed by atoms with Gasteiger partial charge in [-0.25, -0.2) is 4.39 Å². The molecule has 0 saturated heterocycles. The molecular weight excluding hydrogens is 417 g/mol. The van der Waals surface area contributed by atoms with Crippen molar-refractivity contribution in [3.63, 3.8) is 0 Å². The second-order valence-corrected chi connectivity index (χ2v) is 7.28. The maximum atomic E-state index is 13.9. The minimum Gasteiger partial charge on any atom is -0.488 e. The summed E-state index contributed by atoms with van der Waals surface area (Å²) in [5.41, 5.74) is 3.56. The Labute approximate surface area is 166 Å². The first-order valence-electron chi connectivity index (χ1n) is 8.17. The van der Waals surface area contributed by atoms with Gasteiger partial charge >= 0.3 is 0 Å². The normalized spacial score (nSPS) is 10.6. The van der Waals surface area contributed by atoms with E-state index in [2.05, 4.69) is 40.3 Å². The standard InChI is InChI=1S/C21H18BrClFNO/c1-14-5-8-17(9-6-14)25-12-15-11-16(22)7-10-21(15)26-13-18-19(23)3-2-4-20(18)24/h2-11,25H,12-13H2,1H3. The molecule has 0 heterocycles. The lowest BCUT2D eigenvalue weighted by Gasteiger charge is -2.14. The van der Waals surface area contributed by atoms with E-state index in [-0.39, 0.29) is 12.4 Å². The fraction of sp³-hybridized carbons (Fsp3) is 0.143. The summed E-state index contributed by atoms with van der Waals surface area (Å²) in [7, 11) is 0. The van der Waals surface area contributed by atoms with E-state index in [0.29, 0.717) is 22.9 Å². The third-order valence-electron chi connectivity index (χ3n) is 3.99. The highest BCUT2D eigenvalue weighted by molar-refractivity contribution is 9.10. The summed E-state index contributed by atoms with van der Waals surface area (Å²) in [4.78, 5) is 0. The average molecular weight is 435 g/mol. The van der Waals surface area contributed by atoms with Gasteiger partial charge in [-0.05, 0) is 49.4 Å². The number of anilines is 1. The van der Waals surface area contributed by atoms with Crippen LogP contribution in [0.1, 0.15) is 16.7 Å². The fourth-order valence-corrected chi connectivity index (χ4v) is 3.14. The van der Waals surface area contributed by atoms with Crippen LogP contribution in [0.4, 0.5) is 10.1 Å². The van der Waals surface area contributed by atoms with Gasteiger partial charge in [-0.1, -0.05) is 51.3 Å². The number of hydrogen-bond acceptors (Lipinski definition) is 2. The summed E-state index contributed by atoms with van der Waals surface area (Å²) in [6.45, 7) is 2.71. The van der Waals surface area contributed by atoms with E-state index in [1.165, 1.54) is 11.6 Å². The maximum absolute atomic E-state index is 13.9. The van der Waals surface area contributed by atoms with Crippen LogP contribution >= 0.6 is 27.5 Å². The highest BCUT2D eigenvalue weighted by Crippen LogP contribution is 2.27. The lowest BCUT2D eigenvalue weighted by atomic mass is 10.1. The molecule has 0 aliphatic carbocycles. The molecule has 2 nitrogen and oxygen atoms in total. The predicted molar refractivity (Wildman–Crippen MR) is 108 cm³/mol. The second-order valence-electron chi connectivity index (χ2n) is 5.96. The Balaban J connectivity index is 1.74. The summed E-state index contributed by atoms with van der Waals surface area (Å²) < 4.78 is 20.8. The van der Waals surface area contributed by atoms with Crippen LogP contribution in [0.2, 0.25) is 5.02 Å². The van der Waals surface area contributed by atoms with E-state index in [9.17, 15) is 4.39 Å². The van der Waals surface area contributed by atoms with E-state index in [4.69, 9.17) is 16.3 Å². The Bertz CT molecular complexity index is 879. The lowest BCUT2D eigenvalue weighted by molar-refractivity contribution is 0.297. The molecule has 0 unspecified atom stereocenters. The van der Waals surface area contributed by atoms with Crippen LogP contribution in [0.15, 0.2) is 65.1 Å². The van der Waals surface area contributed by atoms with Crippen LogP contribution in [0.5, 0.6) is 5.75 Å². The monoisotopic (exact) mass is 433 g/mol. The van der Waals surface area contributed by atoms with Crippen molar-refractivity contribution >= 4 is 33.2 Å². The smallest absolute Gasteiger partial charge is 0.131 e. The zero-order valence-corrected chi connectivity index (χ0v) is 16.6. The van der Waals surface area contributed by atoms with Gasteiger partial charge in [0.15, 0.2) is 0 Å². The van der Waals surface area contributed by atoms with Gasteiger partial charge in [0, 0.05) is 27.8 Å². The minimum absolute atomic E-state index is 0.0741. The van der Waals surface area contributed by atoms with E-state index < -0.39 is 0 Å². The van der Waals surface area contributed by atoms with Gasteiger partial charge < -0.3 is 10.1 Å². The Hall–Kier alpha value is -2.04. The quantitative estimate of drug-likeness (QED) is 0.464. The summed E-state index contributed by atoms with van der Waals surface area (Å²) in [6, 6.07) is 18.5. The average Bonchev–Trinajstić information content (AvgIpc) is 2.62. The molecule has 3 aromatic carbocycles. The summed E-state index contributed by atoms with van der Waals surface area (Å²) in [5.74, 6) is 0.320. The van der Waals surface area contributed by atoms with E-state index in [0.717, 1.165) is 15.7 Å². The molecule has 0 bridgehead atoms. The third-order valence-corrected chi connectivity index (χ3v) is 4.84. The summed E-state index contributed by atoms with van der Waals surface area (Å²) in [5, 5.41) is 3.74. The maximum Gasteiger partial charge on any atom is 0.131 e. The first kappa shape index (κ1) is 18.7. The summed E-state index contributed by atoms with van der Waals surface area (Å²) in [6.07, 6.45) is 0. The van der Waals surface area contributed by atoms with E-state index in [1.54, 1.807) is 12.1 Å². The molecule has 134 valence electrons. The van der Waals surface area contributed by atoms with Crippen molar-refractivity contribution in [3.8, 4) is 5.75 Å². The van der Waals surface area contributed by atoms with Crippen molar-refractivity contribution in [1.82, 2.24) is 0 Å². The molecule has 0 amide bonds. The molecule has 0 radical (unpaired) electrons. The topological polar surface area (TPSA) is 21.3 Å². The number of halogens is 3. The van der Waals surface area contributed by atoms with Crippen LogP contribution in [0, 0.1) is 12.7 Å². The molecule has 0 aliphatic rings. The molecule has 0 aromatic heterocycles. The molecule has 3 aromatic rings. The molecule has 1 N–H and O–H groups in total. The summed E-state index contributed by atoms with van der Waals surface area (Å²) >= 11 is 9.56. The molecule has 0 aliphatic heterocycles. The largest absolute Gasteiger partial charge is 0.488 e. The molecule has 0 atom stereocenters. The first-order valence-corrected chi connectivity index (χ1v) is 9.34. The molecule has 0 saturated carbocycles. The predicted octanol–water partition coefficient (Wildman–Crippen LogP) is 6.74. The Morgan fingerprint density at radius 1 is 1.08 bits per heavy atom. The number of aryl methyl sites for hydroxylation is 1. The van der Waals surface area contributed by atoms with Crippen molar-refractivity contribution < 1.29 is 9.13 Å². The van der Waals surface area contributed by atoms with Crippen molar-refractivity contribution in [2.45, 2.75) is 20.1 Å². The molecular formula is C21H18BrClFNO. The van der Waals surface area contributed by atoms with Gasteiger partial charge in [-0.3, -0.25) is 0 Å². The first-order chi connectivity index (χ1) is 12.5. The van der Waals surface area contributed by atoms with Crippen molar-refractivity contribution in [1.29, 1.82) is 0 Å². The minimum atomic E-state index is -0.367. The van der Waals surface area contributed by atoms with Gasteiger partial charge in [0.1, 0.15) is 18.2 Å². The fourth-order valence-electron chi connectivity index (χ4n) is 2.52. The highest BCUT2D eigenvalue weighted by Gasteiger charge is 2.10. The number of nitrogens with one attached hydrogen (secondary N) is 1. The van der Waals surface area contributed by atoms with E-state index in [1.807, 2.05) is 30.3 Å². The van der Waals surface area contributed by atoms with Gasteiger partial charge in [0.25, 0.3) is 0 Å². The zero-order chi connectivity index (χ0) is 18.5. The molecule has 0 fully saturated rings. The van der Waals surface area contributed by atoms with Crippen molar-refractivity contribution in [3.05, 3.63) is 92.7 Å². The van der Waals surface area contributed by atoms with Gasteiger partial charge in [0.05, 0.1) is 5.02 Å². The van der Waals surface area contributed by atoms with E-state index >= 15 is 0 Å². The number of hydrogen-bond donors (Lipinski definition) is 1. The Morgan fingerprint density at radius 2 is 1.85 bits per heavy atom. The number of ether oxygens (including phenoxy) is 1. The van der Waals surface area contributed by atoms with Gasteiger partial charge in [-0.15, -0.1) is 0 Å². The van der Waals surface area contributed by atoms with Crippen LogP contribution in [0.3, 0.4) is 0 Å². The third kappa shape index (κ3) is 4.77. The molecule has 0 spiro atoms. The van der Waals surface area contributed by atoms with Crippen LogP contribution < -0.4 is 10.1 Å². The van der Waals surface area contributed by atoms with Crippen molar-refractivity contribution in [2.75, 3.05) is 5.32 Å². The Morgan fingerprint density at radius 3 is 2.58 bits per heavy atom. The van der Waals surface area contributed by atoms with Crippen LogP contribution in [0.25, 0.3) is 0 Å². The molecule has 5 heteroatoms. The lowest BCUT2D eigenvalue weighted by Crippen LogP contribution is -2.05. The Kier molecular flexibility index (Phi) is 6.17. The molecule has 3 rings (SSSR count).